The third-order valence-corrected chi connectivity index (χ3v) is 3.04. The van der Waals surface area contributed by atoms with Crippen LogP contribution in [-0.4, -0.2) is 12.2 Å². The second-order valence-corrected chi connectivity index (χ2v) is 4.52. The van der Waals surface area contributed by atoms with E-state index in [0.717, 1.165) is 11.1 Å². The smallest absolute Gasteiger partial charge is 0.211 e. The summed E-state index contributed by atoms with van der Waals surface area (Å²) in [6, 6.07) is 12.7. The van der Waals surface area contributed by atoms with Crippen LogP contribution in [0.4, 0.5) is 5.69 Å². The third kappa shape index (κ3) is 3.01. The lowest BCUT2D eigenvalue weighted by Gasteiger charge is -2.09. The minimum atomic E-state index is -0.0971. The Bertz CT molecular complexity index is 621. The van der Waals surface area contributed by atoms with Crippen molar-refractivity contribution in [1.82, 2.24) is 0 Å². The van der Waals surface area contributed by atoms with E-state index in [9.17, 15) is 9.59 Å². The molecule has 0 aliphatic rings. The number of hydrogen-bond acceptors (Lipinski definition) is 2. The van der Waals surface area contributed by atoms with Crippen LogP contribution >= 0.6 is 11.6 Å². The van der Waals surface area contributed by atoms with Crippen molar-refractivity contribution in [3.8, 4) is 11.1 Å². The molecule has 2 aromatic carbocycles. The van der Waals surface area contributed by atoms with Crippen LogP contribution in [0.2, 0.25) is 5.02 Å². The van der Waals surface area contributed by atoms with Gasteiger partial charge in [-0.2, -0.15) is 0 Å². The highest BCUT2D eigenvalue weighted by Crippen LogP contribution is 2.26. The molecule has 0 saturated heterocycles. The van der Waals surface area contributed by atoms with Crippen molar-refractivity contribution in [1.29, 1.82) is 0 Å². The third-order valence-electron chi connectivity index (χ3n) is 2.79. The molecule has 0 fully saturated rings. The lowest BCUT2D eigenvalue weighted by atomic mass is 10.00. The maximum Gasteiger partial charge on any atom is 0.211 e. The van der Waals surface area contributed by atoms with Crippen LogP contribution in [0.25, 0.3) is 11.1 Å². The van der Waals surface area contributed by atoms with Crippen LogP contribution in [0.5, 0.6) is 0 Å². The normalized spacial score (nSPS) is 10.0. The van der Waals surface area contributed by atoms with Crippen molar-refractivity contribution in [2.45, 2.75) is 6.92 Å². The molecule has 0 aliphatic carbocycles. The number of carbonyl (C=O) groups excluding carboxylic acids is 2. The molecule has 0 spiro atoms. The molecule has 4 heteroatoms. The number of anilines is 1. The van der Waals surface area contributed by atoms with E-state index >= 15 is 0 Å². The van der Waals surface area contributed by atoms with Crippen LogP contribution in [0.3, 0.4) is 0 Å². The maximum atomic E-state index is 11.6. The molecule has 0 heterocycles. The zero-order valence-electron chi connectivity index (χ0n) is 10.3. The van der Waals surface area contributed by atoms with Gasteiger partial charge in [0.05, 0.1) is 5.69 Å². The van der Waals surface area contributed by atoms with Crippen LogP contribution in [-0.2, 0) is 4.79 Å². The number of carbonyl (C=O) groups is 2. The molecule has 0 saturated carbocycles. The second kappa shape index (κ2) is 5.67. The van der Waals surface area contributed by atoms with Gasteiger partial charge in [0, 0.05) is 10.6 Å². The molecule has 1 amide bonds. The molecule has 3 nitrogen and oxygen atoms in total. The fraction of sp³-hybridized carbons (Fsp3) is 0.0667. The SMILES string of the molecule is CC(=O)c1cc(-c2ccc(Cl)cc2)ccc1NC=O. The molecular weight excluding hydrogens is 262 g/mol. The van der Waals surface area contributed by atoms with Crippen molar-refractivity contribution in [2.75, 3.05) is 5.32 Å². The number of halogens is 1. The summed E-state index contributed by atoms with van der Waals surface area (Å²) in [5.41, 5.74) is 2.86. The summed E-state index contributed by atoms with van der Waals surface area (Å²) in [5, 5.41) is 3.18. The Hall–Kier alpha value is -2.13. The number of benzene rings is 2. The van der Waals surface area contributed by atoms with Gasteiger partial charge in [-0.1, -0.05) is 29.8 Å². The average Bonchev–Trinajstić information content (AvgIpc) is 2.40. The van der Waals surface area contributed by atoms with Crippen molar-refractivity contribution in [3.05, 3.63) is 53.1 Å². The van der Waals surface area contributed by atoms with Gasteiger partial charge in [-0.3, -0.25) is 9.59 Å². The van der Waals surface area contributed by atoms with Gasteiger partial charge in [0.1, 0.15) is 0 Å². The van der Waals surface area contributed by atoms with E-state index in [-0.39, 0.29) is 5.78 Å². The molecule has 1 N–H and O–H groups in total. The predicted octanol–water partition coefficient (Wildman–Crippen LogP) is 3.78. The summed E-state index contributed by atoms with van der Waals surface area (Å²) in [6.07, 6.45) is 0.559. The molecule has 0 aliphatic heterocycles. The molecule has 0 bridgehead atoms. The van der Waals surface area contributed by atoms with Gasteiger partial charge >= 0.3 is 0 Å². The molecule has 0 aromatic heterocycles. The van der Waals surface area contributed by atoms with E-state index in [1.807, 2.05) is 18.2 Å². The Morgan fingerprint density at radius 2 is 1.74 bits per heavy atom. The molecule has 0 radical (unpaired) electrons. The van der Waals surface area contributed by atoms with E-state index < -0.39 is 0 Å². The highest BCUT2D eigenvalue weighted by atomic mass is 35.5. The lowest BCUT2D eigenvalue weighted by Crippen LogP contribution is -2.02. The summed E-state index contributed by atoms with van der Waals surface area (Å²) < 4.78 is 0. The Balaban J connectivity index is 2.48. The fourth-order valence-electron chi connectivity index (χ4n) is 1.85. The van der Waals surface area contributed by atoms with Gasteiger partial charge in [0.2, 0.25) is 6.41 Å². The summed E-state index contributed by atoms with van der Waals surface area (Å²) in [7, 11) is 0. The number of Topliss-reactive ketones (excluding diaryl/α,β-unsaturated/α-hetero) is 1. The van der Waals surface area contributed by atoms with Crippen LogP contribution in [0, 0.1) is 0 Å². The molecule has 0 unspecified atom stereocenters. The lowest BCUT2D eigenvalue weighted by molar-refractivity contribution is -0.105. The minimum absolute atomic E-state index is 0.0971. The largest absolute Gasteiger partial charge is 0.328 e. The molecule has 2 rings (SSSR count). The van der Waals surface area contributed by atoms with Crippen LogP contribution < -0.4 is 5.32 Å². The Morgan fingerprint density at radius 1 is 1.11 bits per heavy atom. The summed E-state index contributed by atoms with van der Waals surface area (Å²) in [6.45, 7) is 1.47. The van der Waals surface area contributed by atoms with Gasteiger partial charge in [-0.05, 0) is 42.3 Å². The zero-order valence-corrected chi connectivity index (χ0v) is 11.1. The topological polar surface area (TPSA) is 46.2 Å². The van der Waals surface area contributed by atoms with E-state index in [1.54, 1.807) is 24.3 Å². The van der Waals surface area contributed by atoms with E-state index in [2.05, 4.69) is 5.32 Å². The second-order valence-electron chi connectivity index (χ2n) is 4.09. The highest BCUT2D eigenvalue weighted by Gasteiger charge is 2.09. The van der Waals surface area contributed by atoms with Crippen molar-refractivity contribution < 1.29 is 9.59 Å². The van der Waals surface area contributed by atoms with E-state index in [4.69, 9.17) is 11.6 Å². The number of ketones is 1. The highest BCUT2D eigenvalue weighted by molar-refractivity contribution is 6.30. The fourth-order valence-corrected chi connectivity index (χ4v) is 1.97. The summed E-state index contributed by atoms with van der Waals surface area (Å²) in [4.78, 5) is 22.1. The van der Waals surface area contributed by atoms with E-state index in [0.29, 0.717) is 22.7 Å². The summed E-state index contributed by atoms with van der Waals surface area (Å²) >= 11 is 5.84. The minimum Gasteiger partial charge on any atom is -0.328 e. The van der Waals surface area contributed by atoms with Gasteiger partial charge in [0.15, 0.2) is 5.78 Å². The molecular formula is C15H12ClNO2. The number of nitrogens with one attached hydrogen (secondary N) is 1. The molecule has 19 heavy (non-hydrogen) atoms. The van der Waals surface area contributed by atoms with E-state index in [1.165, 1.54) is 6.92 Å². The summed E-state index contributed by atoms with van der Waals surface area (Å²) in [5.74, 6) is -0.0971. The number of hydrogen-bond donors (Lipinski definition) is 1. The average molecular weight is 274 g/mol. The first-order valence-electron chi connectivity index (χ1n) is 5.73. The first kappa shape index (κ1) is 13.3. The van der Waals surface area contributed by atoms with Gasteiger partial charge in [-0.15, -0.1) is 0 Å². The molecule has 96 valence electrons. The van der Waals surface area contributed by atoms with Gasteiger partial charge < -0.3 is 5.32 Å². The number of amides is 1. The van der Waals surface area contributed by atoms with Gasteiger partial charge in [0.25, 0.3) is 0 Å². The molecule has 2 aromatic rings. The first-order valence-corrected chi connectivity index (χ1v) is 6.10. The predicted molar refractivity (Wildman–Crippen MR) is 76.6 cm³/mol. The zero-order chi connectivity index (χ0) is 13.8. The van der Waals surface area contributed by atoms with Crippen molar-refractivity contribution in [2.24, 2.45) is 0 Å². The molecule has 0 atom stereocenters. The van der Waals surface area contributed by atoms with Crippen LogP contribution in [0.15, 0.2) is 42.5 Å². The Morgan fingerprint density at radius 3 is 2.32 bits per heavy atom. The Kier molecular flexibility index (Phi) is 3.97. The maximum absolute atomic E-state index is 11.6. The first-order chi connectivity index (χ1) is 9.11. The standard InChI is InChI=1S/C15H12ClNO2/c1-10(19)14-8-12(4-7-15(14)17-9-18)11-2-5-13(16)6-3-11/h2-9H,1H3,(H,17,18). The number of rotatable bonds is 4. The van der Waals surface area contributed by atoms with Crippen molar-refractivity contribution >= 4 is 29.5 Å². The van der Waals surface area contributed by atoms with Crippen LogP contribution in [0.1, 0.15) is 17.3 Å². The van der Waals surface area contributed by atoms with Crippen molar-refractivity contribution in [3.63, 3.8) is 0 Å². The monoisotopic (exact) mass is 273 g/mol. The van der Waals surface area contributed by atoms with Gasteiger partial charge in [-0.25, -0.2) is 0 Å². The Labute approximate surface area is 116 Å². The quantitative estimate of drug-likeness (QED) is 0.681.